The van der Waals surface area contributed by atoms with Crippen LogP contribution in [-0.2, 0) is 16.4 Å². The van der Waals surface area contributed by atoms with Crippen molar-refractivity contribution in [1.29, 1.82) is 0 Å². The summed E-state index contributed by atoms with van der Waals surface area (Å²) in [7, 11) is -3.41. The minimum Gasteiger partial charge on any atom is -0.370 e. The summed E-state index contributed by atoms with van der Waals surface area (Å²) < 4.78 is 28.4. The van der Waals surface area contributed by atoms with E-state index >= 15 is 0 Å². The molecule has 0 unspecified atom stereocenters. The number of rotatable bonds is 7. The minimum absolute atomic E-state index is 0.258. The first-order chi connectivity index (χ1) is 13.6. The van der Waals surface area contributed by atoms with Gasteiger partial charge in [-0.15, -0.1) is 0 Å². The fraction of sp³-hybridized carbons (Fsp3) is 0.300. The molecule has 1 saturated heterocycles. The van der Waals surface area contributed by atoms with Gasteiger partial charge in [0.1, 0.15) is 10.7 Å². The van der Waals surface area contributed by atoms with E-state index in [0.29, 0.717) is 25.5 Å². The molecule has 8 heteroatoms. The second-order valence-electron chi connectivity index (χ2n) is 6.78. The van der Waals surface area contributed by atoms with Gasteiger partial charge in [0.05, 0.1) is 5.69 Å². The molecule has 1 aliphatic rings. The first-order valence-electron chi connectivity index (χ1n) is 9.42. The van der Waals surface area contributed by atoms with Gasteiger partial charge in [-0.2, -0.15) is 9.40 Å². The number of nitrogens with zero attached hydrogens (tertiary/aromatic N) is 4. The van der Waals surface area contributed by atoms with Crippen LogP contribution < -0.4 is 5.32 Å². The summed E-state index contributed by atoms with van der Waals surface area (Å²) in [5.41, 5.74) is 2.23. The van der Waals surface area contributed by atoms with Gasteiger partial charge in [0.15, 0.2) is 0 Å². The van der Waals surface area contributed by atoms with Gasteiger partial charge in [-0.25, -0.2) is 18.1 Å². The van der Waals surface area contributed by atoms with Crippen LogP contribution in [0.4, 0.5) is 5.82 Å². The van der Waals surface area contributed by atoms with Crippen molar-refractivity contribution in [2.75, 3.05) is 25.0 Å². The molecule has 1 fully saturated rings. The van der Waals surface area contributed by atoms with Crippen LogP contribution in [0.3, 0.4) is 0 Å². The first-order valence-corrected chi connectivity index (χ1v) is 10.9. The molecule has 0 spiro atoms. The van der Waals surface area contributed by atoms with Gasteiger partial charge < -0.3 is 5.32 Å². The van der Waals surface area contributed by atoms with Gasteiger partial charge in [-0.1, -0.05) is 12.1 Å². The predicted molar refractivity (Wildman–Crippen MR) is 108 cm³/mol. The van der Waals surface area contributed by atoms with E-state index in [1.807, 2.05) is 29.1 Å². The van der Waals surface area contributed by atoms with Crippen LogP contribution >= 0.6 is 0 Å². The average Bonchev–Trinajstić information content (AvgIpc) is 3.43. The Balaban J connectivity index is 1.31. The van der Waals surface area contributed by atoms with Crippen LogP contribution in [0, 0.1) is 0 Å². The minimum atomic E-state index is -3.41. The molecule has 28 heavy (non-hydrogen) atoms. The molecule has 0 atom stereocenters. The molecule has 1 N–H and O–H groups in total. The standard InChI is InChI=1S/C20H23N5O2S/c26-28(27,24-13-1-2-14-24)19-8-9-20(22-16-19)21-12-10-17-4-6-18(7-5-17)25-15-3-11-23-25/h3-9,11,15-16H,1-2,10,12-14H2,(H,21,22). The van der Waals surface area contributed by atoms with Gasteiger partial charge in [-0.3, -0.25) is 0 Å². The lowest BCUT2D eigenvalue weighted by molar-refractivity contribution is 0.477. The molecule has 4 rings (SSSR count). The Morgan fingerprint density at radius 2 is 1.82 bits per heavy atom. The maximum absolute atomic E-state index is 12.5. The Kier molecular flexibility index (Phi) is 5.40. The zero-order chi connectivity index (χ0) is 19.4. The van der Waals surface area contributed by atoms with Gasteiger partial charge in [0, 0.05) is 38.2 Å². The molecule has 146 valence electrons. The van der Waals surface area contributed by atoms with Gasteiger partial charge in [-0.05, 0) is 55.2 Å². The largest absolute Gasteiger partial charge is 0.370 e. The van der Waals surface area contributed by atoms with Crippen molar-refractivity contribution >= 4 is 15.8 Å². The highest BCUT2D eigenvalue weighted by Gasteiger charge is 2.27. The van der Waals surface area contributed by atoms with Crippen LogP contribution in [-0.4, -0.2) is 47.1 Å². The average molecular weight is 398 g/mol. The number of anilines is 1. The molecule has 0 amide bonds. The third kappa shape index (κ3) is 4.07. The molecule has 3 heterocycles. The molecule has 1 aromatic carbocycles. The SMILES string of the molecule is O=S(=O)(c1ccc(NCCc2ccc(-n3cccn3)cc2)nc1)N1CCCC1. The Bertz CT molecular complexity index is 994. The summed E-state index contributed by atoms with van der Waals surface area (Å²) in [4.78, 5) is 4.53. The molecule has 0 aliphatic carbocycles. The van der Waals surface area contributed by atoms with Gasteiger partial charge in [0.25, 0.3) is 0 Å². The third-order valence-electron chi connectivity index (χ3n) is 4.86. The molecule has 0 bridgehead atoms. The van der Waals surface area contributed by atoms with Crippen LogP contribution in [0.15, 0.2) is 66.0 Å². The van der Waals surface area contributed by atoms with E-state index in [0.717, 1.165) is 24.9 Å². The van der Waals surface area contributed by atoms with E-state index < -0.39 is 10.0 Å². The number of nitrogens with one attached hydrogen (secondary N) is 1. The van der Waals surface area contributed by atoms with Crippen molar-refractivity contribution in [3.63, 3.8) is 0 Å². The number of hydrogen-bond acceptors (Lipinski definition) is 5. The van der Waals surface area contributed by atoms with Crippen LogP contribution in [0.25, 0.3) is 5.69 Å². The lowest BCUT2D eigenvalue weighted by Gasteiger charge is -2.15. The Morgan fingerprint density at radius 1 is 1.04 bits per heavy atom. The topological polar surface area (TPSA) is 80.1 Å². The first kappa shape index (κ1) is 18.6. The Labute approximate surface area is 165 Å². The normalized spacial score (nSPS) is 15.0. The number of aromatic nitrogens is 3. The lowest BCUT2D eigenvalue weighted by atomic mass is 10.1. The fourth-order valence-corrected chi connectivity index (χ4v) is 4.75. The number of hydrogen-bond donors (Lipinski definition) is 1. The maximum atomic E-state index is 12.5. The molecular weight excluding hydrogens is 374 g/mol. The van der Waals surface area contributed by atoms with E-state index in [1.54, 1.807) is 18.3 Å². The Morgan fingerprint density at radius 3 is 2.46 bits per heavy atom. The highest BCUT2D eigenvalue weighted by Crippen LogP contribution is 2.21. The third-order valence-corrected chi connectivity index (χ3v) is 6.75. The summed E-state index contributed by atoms with van der Waals surface area (Å²) in [5.74, 6) is 0.675. The zero-order valence-electron chi connectivity index (χ0n) is 15.5. The lowest BCUT2D eigenvalue weighted by Crippen LogP contribution is -2.27. The molecule has 0 radical (unpaired) electrons. The van der Waals surface area contributed by atoms with Crippen molar-refractivity contribution in [2.24, 2.45) is 0 Å². The quantitative estimate of drug-likeness (QED) is 0.663. The van der Waals surface area contributed by atoms with E-state index in [-0.39, 0.29) is 4.90 Å². The van der Waals surface area contributed by atoms with Crippen molar-refractivity contribution in [2.45, 2.75) is 24.2 Å². The number of pyridine rings is 1. The molecule has 7 nitrogen and oxygen atoms in total. The molecule has 0 saturated carbocycles. The monoisotopic (exact) mass is 397 g/mol. The van der Waals surface area contributed by atoms with E-state index in [2.05, 4.69) is 27.5 Å². The molecule has 3 aromatic rings. The second-order valence-corrected chi connectivity index (χ2v) is 8.72. The van der Waals surface area contributed by atoms with Crippen LogP contribution in [0.5, 0.6) is 0 Å². The second kappa shape index (κ2) is 8.12. The predicted octanol–water partition coefficient (Wildman–Crippen LogP) is 2.71. The van der Waals surface area contributed by atoms with Crippen molar-refractivity contribution in [1.82, 2.24) is 19.1 Å². The van der Waals surface area contributed by atoms with Crippen molar-refractivity contribution in [3.05, 3.63) is 66.6 Å². The van der Waals surface area contributed by atoms with Crippen LogP contribution in [0.2, 0.25) is 0 Å². The number of sulfonamides is 1. The maximum Gasteiger partial charge on any atom is 0.244 e. The van der Waals surface area contributed by atoms with Crippen molar-refractivity contribution < 1.29 is 8.42 Å². The Hall–Kier alpha value is -2.71. The zero-order valence-corrected chi connectivity index (χ0v) is 16.3. The van der Waals surface area contributed by atoms with E-state index in [9.17, 15) is 8.42 Å². The summed E-state index contributed by atoms with van der Waals surface area (Å²) in [6.45, 7) is 1.91. The van der Waals surface area contributed by atoms with Gasteiger partial charge >= 0.3 is 0 Å². The summed E-state index contributed by atoms with van der Waals surface area (Å²) in [6.07, 6.45) is 7.80. The highest BCUT2D eigenvalue weighted by atomic mass is 32.2. The van der Waals surface area contributed by atoms with E-state index in [1.165, 1.54) is 16.1 Å². The fourth-order valence-electron chi connectivity index (χ4n) is 3.29. The smallest absolute Gasteiger partial charge is 0.244 e. The molecule has 1 aliphatic heterocycles. The summed E-state index contributed by atoms with van der Waals surface area (Å²) in [5, 5.41) is 7.46. The summed E-state index contributed by atoms with van der Waals surface area (Å²) >= 11 is 0. The highest BCUT2D eigenvalue weighted by molar-refractivity contribution is 7.89. The van der Waals surface area contributed by atoms with Crippen LogP contribution in [0.1, 0.15) is 18.4 Å². The number of benzene rings is 1. The molecule has 2 aromatic heterocycles. The summed E-state index contributed by atoms with van der Waals surface area (Å²) in [6, 6.07) is 13.5. The molecular formula is C20H23N5O2S. The van der Waals surface area contributed by atoms with Gasteiger partial charge in [0.2, 0.25) is 10.0 Å². The van der Waals surface area contributed by atoms with E-state index in [4.69, 9.17) is 0 Å². The van der Waals surface area contributed by atoms with Crippen molar-refractivity contribution in [3.8, 4) is 5.69 Å².